The molecule has 2 amide bonds. The van der Waals surface area contributed by atoms with Crippen LogP contribution in [0, 0.1) is 0 Å². The van der Waals surface area contributed by atoms with E-state index in [4.69, 9.17) is 5.73 Å². The lowest BCUT2D eigenvalue weighted by Gasteiger charge is -2.32. The number of carbonyl (C=O) groups excluding carboxylic acids is 2. The topological polar surface area (TPSA) is 93.2 Å². The highest BCUT2D eigenvalue weighted by atomic mass is 16.2. The van der Waals surface area contributed by atoms with Gasteiger partial charge >= 0.3 is 0 Å². The number of nitrogens with zero attached hydrogens (tertiary/aromatic N) is 3. The fraction of sp³-hybridized carbons (Fsp3) is 0.583. The van der Waals surface area contributed by atoms with Crippen LogP contribution in [0.4, 0.5) is 5.69 Å². The second-order valence-corrected chi connectivity index (χ2v) is 4.90. The molecule has 1 aliphatic rings. The maximum absolute atomic E-state index is 12.3. The fourth-order valence-electron chi connectivity index (χ4n) is 2.39. The zero-order chi connectivity index (χ0) is 14.0. The van der Waals surface area contributed by atoms with E-state index >= 15 is 0 Å². The number of carbonyl (C=O) groups is 2. The summed E-state index contributed by atoms with van der Waals surface area (Å²) in [6.07, 6.45) is 3.37. The van der Waals surface area contributed by atoms with Crippen LogP contribution in [0.25, 0.3) is 0 Å². The number of nitrogen functional groups attached to an aromatic ring is 1. The second-order valence-electron chi connectivity index (χ2n) is 4.90. The standard InChI is InChI=1S/C12H19N5O2/c1-8(18)14-9-4-3-5-17(6-9)12(19)11-10(13)7-16(2)15-11/h7,9H,3-6,13H2,1-2H3,(H,14,18). The van der Waals surface area contributed by atoms with Crippen molar-refractivity contribution in [3.05, 3.63) is 11.9 Å². The molecule has 2 rings (SSSR count). The minimum atomic E-state index is -0.173. The van der Waals surface area contributed by atoms with Gasteiger partial charge in [0, 0.05) is 39.3 Å². The number of amides is 2. The Bertz CT molecular complexity index is 496. The van der Waals surface area contributed by atoms with Gasteiger partial charge in [0.2, 0.25) is 5.91 Å². The van der Waals surface area contributed by atoms with Crippen molar-refractivity contribution in [2.24, 2.45) is 7.05 Å². The lowest BCUT2D eigenvalue weighted by atomic mass is 10.1. The molecule has 1 aromatic heterocycles. The molecule has 1 aliphatic heterocycles. The molecule has 3 N–H and O–H groups in total. The predicted octanol–water partition coefficient (Wildman–Crippen LogP) is -0.257. The Hall–Kier alpha value is -2.05. The quantitative estimate of drug-likeness (QED) is 0.770. The van der Waals surface area contributed by atoms with Crippen LogP contribution < -0.4 is 11.1 Å². The summed E-state index contributed by atoms with van der Waals surface area (Å²) in [6.45, 7) is 2.66. The van der Waals surface area contributed by atoms with Gasteiger partial charge < -0.3 is 16.0 Å². The first kappa shape index (κ1) is 13.4. The average molecular weight is 265 g/mol. The van der Waals surface area contributed by atoms with Crippen molar-refractivity contribution in [3.63, 3.8) is 0 Å². The molecule has 2 heterocycles. The summed E-state index contributed by atoms with van der Waals surface area (Å²) in [5.41, 5.74) is 6.43. The van der Waals surface area contributed by atoms with Gasteiger partial charge in [-0.1, -0.05) is 0 Å². The van der Waals surface area contributed by atoms with Gasteiger partial charge in [0.05, 0.1) is 5.69 Å². The number of aryl methyl sites for hydroxylation is 1. The molecular formula is C12H19N5O2. The molecule has 1 atom stereocenters. The van der Waals surface area contributed by atoms with E-state index in [9.17, 15) is 9.59 Å². The third-order valence-corrected chi connectivity index (χ3v) is 3.18. The highest BCUT2D eigenvalue weighted by Crippen LogP contribution is 2.16. The number of hydrogen-bond acceptors (Lipinski definition) is 4. The summed E-state index contributed by atoms with van der Waals surface area (Å²) in [5, 5.41) is 6.93. The van der Waals surface area contributed by atoms with Crippen LogP contribution in [0.2, 0.25) is 0 Å². The monoisotopic (exact) mass is 265 g/mol. The van der Waals surface area contributed by atoms with Crippen LogP contribution in [0.3, 0.4) is 0 Å². The first-order valence-electron chi connectivity index (χ1n) is 6.33. The molecule has 1 fully saturated rings. The van der Waals surface area contributed by atoms with Gasteiger partial charge in [0.15, 0.2) is 5.69 Å². The minimum absolute atomic E-state index is 0.0140. The van der Waals surface area contributed by atoms with Crippen molar-refractivity contribution >= 4 is 17.5 Å². The lowest BCUT2D eigenvalue weighted by Crippen LogP contribution is -2.49. The number of likely N-dealkylation sites (tertiary alicyclic amines) is 1. The molecule has 0 bridgehead atoms. The highest BCUT2D eigenvalue weighted by molar-refractivity contribution is 5.97. The first-order valence-corrected chi connectivity index (χ1v) is 6.33. The number of aromatic nitrogens is 2. The van der Waals surface area contributed by atoms with Crippen molar-refractivity contribution in [2.45, 2.75) is 25.8 Å². The van der Waals surface area contributed by atoms with Crippen molar-refractivity contribution < 1.29 is 9.59 Å². The van der Waals surface area contributed by atoms with Gasteiger partial charge in [0.1, 0.15) is 0 Å². The number of piperidine rings is 1. The van der Waals surface area contributed by atoms with Crippen molar-refractivity contribution in [2.75, 3.05) is 18.8 Å². The summed E-state index contributed by atoms with van der Waals surface area (Å²) >= 11 is 0. The largest absolute Gasteiger partial charge is 0.396 e. The number of nitrogens with one attached hydrogen (secondary N) is 1. The van der Waals surface area contributed by atoms with Crippen LogP contribution in [-0.2, 0) is 11.8 Å². The molecule has 1 aromatic rings. The van der Waals surface area contributed by atoms with E-state index in [-0.39, 0.29) is 23.6 Å². The second kappa shape index (κ2) is 5.29. The van der Waals surface area contributed by atoms with Crippen LogP contribution >= 0.6 is 0 Å². The van der Waals surface area contributed by atoms with E-state index in [0.29, 0.717) is 18.8 Å². The van der Waals surface area contributed by atoms with Gasteiger partial charge in [-0.25, -0.2) is 0 Å². The Morgan fingerprint density at radius 3 is 2.84 bits per heavy atom. The summed E-state index contributed by atoms with van der Waals surface area (Å²) in [5.74, 6) is -0.246. The molecular weight excluding hydrogens is 246 g/mol. The zero-order valence-corrected chi connectivity index (χ0v) is 11.2. The number of nitrogens with two attached hydrogens (primary N) is 1. The Kier molecular flexibility index (Phi) is 3.73. The van der Waals surface area contributed by atoms with E-state index in [0.717, 1.165) is 12.8 Å². The van der Waals surface area contributed by atoms with E-state index < -0.39 is 0 Å². The van der Waals surface area contributed by atoms with Gasteiger partial charge in [-0.15, -0.1) is 0 Å². The Labute approximate surface area is 111 Å². The molecule has 1 unspecified atom stereocenters. The normalized spacial score (nSPS) is 19.3. The molecule has 0 spiro atoms. The van der Waals surface area contributed by atoms with Gasteiger partial charge in [-0.05, 0) is 12.8 Å². The van der Waals surface area contributed by atoms with Crippen molar-refractivity contribution in [3.8, 4) is 0 Å². The Balaban J connectivity index is 2.07. The number of hydrogen-bond donors (Lipinski definition) is 2. The summed E-state index contributed by atoms with van der Waals surface area (Å²) in [6, 6.07) is 0.0140. The van der Waals surface area contributed by atoms with Gasteiger partial charge in [-0.2, -0.15) is 5.10 Å². The smallest absolute Gasteiger partial charge is 0.276 e. The summed E-state index contributed by atoms with van der Waals surface area (Å²) in [7, 11) is 1.73. The Morgan fingerprint density at radius 1 is 1.53 bits per heavy atom. The molecule has 7 heteroatoms. The van der Waals surface area contributed by atoms with Crippen LogP contribution in [0.5, 0.6) is 0 Å². The maximum atomic E-state index is 12.3. The van der Waals surface area contributed by atoms with Gasteiger partial charge in [-0.3, -0.25) is 14.3 Å². The third kappa shape index (κ3) is 3.04. The van der Waals surface area contributed by atoms with Crippen molar-refractivity contribution in [1.82, 2.24) is 20.0 Å². The molecule has 0 radical (unpaired) electrons. The van der Waals surface area contributed by atoms with Crippen LogP contribution in [0.15, 0.2) is 6.20 Å². The van der Waals surface area contributed by atoms with E-state index in [1.807, 2.05) is 0 Å². The third-order valence-electron chi connectivity index (χ3n) is 3.18. The minimum Gasteiger partial charge on any atom is -0.396 e. The van der Waals surface area contributed by atoms with E-state index in [2.05, 4.69) is 10.4 Å². The molecule has 19 heavy (non-hydrogen) atoms. The molecule has 1 saturated heterocycles. The van der Waals surface area contributed by atoms with Gasteiger partial charge in [0.25, 0.3) is 5.91 Å². The molecule has 7 nitrogen and oxygen atoms in total. The van der Waals surface area contributed by atoms with E-state index in [1.165, 1.54) is 11.6 Å². The van der Waals surface area contributed by atoms with E-state index in [1.54, 1.807) is 18.1 Å². The average Bonchev–Trinajstić information content (AvgIpc) is 2.67. The molecule has 104 valence electrons. The highest BCUT2D eigenvalue weighted by Gasteiger charge is 2.27. The SMILES string of the molecule is CC(=O)NC1CCCN(C(=O)c2nn(C)cc2N)C1. The number of rotatable bonds is 2. The Morgan fingerprint density at radius 2 is 2.26 bits per heavy atom. The maximum Gasteiger partial charge on any atom is 0.276 e. The van der Waals surface area contributed by atoms with Crippen LogP contribution in [-0.4, -0.2) is 45.6 Å². The lowest BCUT2D eigenvalue weighted by molar-refractivity contribution is -0.120. The fourth-order valence-corrected chi connectivity index (χ4v) is 2.39. The van der Waals surface area contributed by atoms with Crippen LogP contribution in [0.1, 0.15) is 30.3 Å². The predicted molar refractivity (Wildman–Crippen MR) is 70.4 cm³/mol. The zero-order valence-electron chi connectivity index (χ0n) is 11.2. The molecule has 0 saturated carbocycles. The van der Waals surface area contributed by atoms with Crippen molar-refractivity contribution in [1.29, 1.82) is 0 Å². The number of anilines is 1. The molecule has 0 aromatic carbocycles. The molecule has 0 aliphatic carbocycles. The first-order chi connectivity index (χ1) is 8.97. The summed E-state index contributed by atoms with van der Waals surface area (Å²) < 4.78 is 1.53. The summed E-state index contributed by atoms with van der Waals surface area (Å²) in [4.78, 5) is 25.1.